The zero-order valence-corrected chi connectivity index (χ0v) is 13.1. The summed E-state index contributed by atoms with van der Waals surface area (Å²) in [6.07, 6.45) is 0.970. The molecule has 0 radical (unpaired) electrons. The number of nitrogens with zero attached hydrogens (tertiary/aromatic N) is 1. The Hall–Kier alpha value is -0.980. The maximum atomic E-state index is 12.8. The quantitative estimate of drug-likeness (QED) is 0.747. The molecule has 4 nitrogen and oxygen atoms in total. The minimum Gasteiger partial charge on any atom is -0.315 e. The van der Waals surface area contributed by atoms with Crippen LogP contribution < -0.4 is 5.32 Å². The molecule has 0 spiro atoms. The molecule has 1 unspecified atom stereocenters. The van der Waals surface area contributed by atoms with Gasteiger partial charge >= 0.3 is 0 Å². The molecule has 0 aliphatic rings. The van der Waals surface area contributed by atoms with Gasteiger partial charge in [0, 0.05) is 20.1 Å². The lowest BCUT2D eigenvalue weighted by atomic mass is 10.2. The average molecular weight is 302 g/mol. The molecule has 0 aromatic heterocycles. The number of rotatable bonds is 8. The van der Waals surface area contributed by atoms with Gasteiger partial charge < -0.3 is 5.32 Å². The lowest BCUT2D eigenvalue weighted by molar-refractivity contribution is 0.453. The van der Waals surface area contributed by atoms with Crippen molar-refractivity contribution in [3.63, 3.8) is 0 Å². The molecule has 114 valence electrons. The largest absolute Gasteiger partial charge is 0.315 e. The third-order valence-electron chi connectivity index (χ3n) is 3.12. The average Bonchev–Trinajstić information content (AvgIpc) is 2.41. The SMILES string of the molecule is CCCNCC(C)S(=O)(=O)N(C)Cc1ccc(F)cc1. The first kappa shape index (κ1) is 17.1. The highest BCUT2D eigenvalue weighted by molar-refractivity contribution is 7.89. The summed E-state index contributed by atoms with van der Waals surface area (Å²) in [5.74, 6) is -0.323. The molecule has 1 aromatic rings. The summed E-state index contributed by atoms with van der Waals surface area (Å²) in [6.45, 7) is 5.22. The van der Waals surface area contributed by atoms with Crippen LogP contribution >= 0.6 is 0 Å². The van der Waals surface area contributed by atoms with E-state index in [9.17, 15) is 12.8 Å². The molecule has 20 heavy (non-hydrogen) atoms. The van der Waals surface area contributed by atoms with Crippen LogP contribution in [0.5, 0.6) is 0 Å². The van der Waals surface area contributed by atoms with Gasteiger partial charge in [-0.1, -0.05) is 19.1 Å². The van der Waals surface area contributed by atoms with Crippen molar-refractivity contribution in [2.75, 3.05) is 20.1 Å². The predicted octanol–water partition coefficient (Wildman–Crippen LogP) is 1.98. The summed E-state index contributed by atoms with van der Waals surface area (Å²) >= 11 is 0. The first-order valence-electron chi connectivity index (χ1n) is 6.78. The van der Waals surface area contributed by atoms with Crippen LogP contribution in [0.25, 0.3) is 0 Å². The lowest BCUT2D eigenvalue weighted by Gasteiger charge is -2.22. The Kier molecular flexibility index (Phi) is 6.58. The minimum atomic E-state index is -3.35. The highest BCUT2D eigenvalue weighted by atomic mass is 32.2. The lowest BCUT2D eigenvalue weighted by Crippen LogP contribution is -2.40. The molecule has 1 rings (SSSR count). The van der Waals surface area contributed by atoms with Gasteiger partial charge in [0.25, 0.3) is 0 Å². The molecular formula is C14H23FN2O2S. The fourth-order valence-electron chi connectivity index (χ4n) is 1.83. The Balaban J connectivity index is 2.64. The van der Waals surface area contributed by atoms with Crippen LogP contribution in [0.2, 0.25) is 0 Å². The van der Waals surface area contributed by atoms with E-state index in [1.54, 1.807) is 26.1 Å². The van der Waals surface area contributed by atoms with Crippen LogP contribution in [0.15, 0.2) is 24.3 Å². The van der Waals surface area contributed by atoms with E-state index in [0.29, 0.717) is 6.54 Å². The first-order valence-corrected chi connectivity index (χ1v) is 8.28. The third kappa shape index (κ3) is 4.85. The summed E-state index contributed by atoms with van der Waals surface area (Å²) in [6, 6.07) is 5.87. The van der Waals surface area contributed by atoms with E-state index in [-0.39, 0.29) is 12.4 Å². The first-order chi connectivity index (χ1) is 9.37. The molecule has 6 heteroatoms. The van der Waals surface area contributed by atoms with Gasteiger partial charge in [0.1, 0.15) is 5.82 Å². The fourth-order valence-corrected chi connectivity index (χ4v) is 3.10. The summed E-state index contributed by atoms with van der Waals surface area (Å²) in [4.78, 5) is 0. The van der Waals surface area contributed by atoms with Crippen LogP contribution in [0.3, 0.4) is 0 Å². The van der Waals surface area contributed by atoms with Gasteiger partial charge in [0.05, 0.1) is 5.25 Å². The van der Waals surface area contributed by atoms with Crippen LogP contribution in [-0.4, -0.2) is 38.1 Å². The summed E-state index contributed by atoms with van der Waals surface area (Å²) in [5.41, 5.74) is 0.770. The molecule has 0 saturated carbocycles. The van der Waals surface area contributed by atoms with Gasteiger partial charge in [-0.25, -0.2) is 17.1 Å². The van der Waals surface area contributed by atoms with Gasteiger partial charge in [-0.2, -0.15) is 0 Å². The molecule has 0 fully saturated rings. The van der Waals surface area contributed by atoms with Crippen LogP contribution in [-0.2, 0) is 16.6 Å². The van der Waals surface area contributed by atoms with Gasteiger partial charge in [0.15, 0.2) is 0 Å². The summed E-state index contributed by atoms with van der Waals surface area (Å²) in [7, 11) is -1.80. The second-order valence-corrected chi connectivity index (χ2v) is 7.40. The van der Waals surface area contributed by atoms with E-state index in [1.807, 2.05) is 6.92 Å². The number of nitrogens with one attached hydrogen (secondary N) is 1. The third-order valence-corrected chi connectivity index (χ3v) is 5.30. The molecule has 0 aliphatic carbocycles. The molecule has 0 bridgehead atoms. The van der Waals surface area contributed by atoms with Crippen molar-refractivity contribution >= 4 is 10.0 Å². The van der Waals surface area contributed by atoms with Crippen molar-refractivity contribution in [2.45, 2.75) is 32.1 Å². The van der Waals surface area contributed by atoms with Crippen LogP contribution in [0, 0.1) is 5.82 Å². The highest BCUT2D eigenvalue weighted by Gasteiger charge is 2.25. The van der Waals surface area contributed by atoms with Crippen LogP contribution in [0.4, 0.5) is 4.39 Å². The second kappa shape index (κ2) is 7.71. The number of halogens is 1. The zero-order valence-electron chi connectivity index (χ0n) is 12.3. The van der Waals surface area contributed by atoms with E-state index in [4.69, 9.17) is 0 Å². The van der Waals surface area contributed by atoms with Crippen molar-refractivity contribution in [1.29, 1.82) is 0 Å². The summed E-state index contributed by atoms with van der Waals surface area (Å²) < 4.78 is 38.8. The molecule has 0 saturated heterocycles. The van der Waals surface area contributed by atoms with E-state index >= 15 is 0 Å². The maximum absolute atomic E-state index is 12.8. The minimum absolute atomic E-state index is 0.251. The second-order valence-electron chi connectivity index (χ2n) is 4.94. The fraction of sp³-hybridized carbons (Fsp3) is 0.571. The van der Waals surface area contributed by atoms with Gasteiger partial charge in [0.2, 0.25) is 10.0 Å². The Morgan fingerprint density at radius 1 is 1.30 bits per heavy atom. The van der Waals surface area contributed by atoms with E-state index in [0.717, 1.165) is 18.5 Å². The molecule has 1 aromatic carbocycles. The Morgan fingerprint density at radius 2 is 1.90 bits per heavy atom. The van der Waals surface area contributed by atoms with E-state index in [2.05, 4.69) is 5.32 Å². The Bertz CT molecular complexity index is 502. The number of hydrogen-bond acceptors (Lipinski definition) is 3. The maximum Gasteiger partial charge on any atom is 0.218 e. The van der Waals surface area contributed by atoms with Gasteiger partial charge in [-0.15, -0.1) is 0 Å². The standard InChI is InChI=1S/C14H23FN2O2S/c1-4-9-16-10-12(2)20(18,19)17(3)11-13-5-7-14(15)8-6-13/h5-8,12,16H,4,9-11H2,1-3H3. The normalized spacial score (nSPS) is 13.7. The molecule has 0 amide bonds. The number of hydrogen-bond donors (Lipinski definition) is 1. The monoisotopic (exact) mass is 302 g/mol. The van der Waals surface area contributed by atoms with Crippen molar-refractivity contribution in [3.8, 4) is 0 Å². The predicted molar refractivity (Wildman–Crippen MR) is 79.4 cm³/mol. The molecule has 0 heterocycles. The highest BCUT2D eigenvalue weighted by Crippen LogP contribution is 2.12. The smallest absolute Gasteiger partial charge is 0.218 e. The molecule has 0 aliphatic heterocycles. The Morgan fingerprint density at radius 3 is 2.45 bits per heavy atom. The Labute approximate surface area is 121 Å². The molecule has 1 atom stereocenters. The van der Waals surface area contributed by atoms with Crippen molar-refractivity contribution < 1.29 is 12.8 Å². The van der Waals surface area contributed by atoms with Gasteiger partial charge in [-0.3, -0.25) is 0 Å². The van der Waals surface area contributed by atoms with Gasteiger partial charge in [-0.05, 0) is 37.6 Å². The summed E-state index contributed by atoms with van der Waals surface area (Å²) in [5, 5.41) is 2.63. The number of sulfonamides is 1. The molecular weight excluding hydrogens is 279 g/mol. The van der Waals surface area contributed by atoms with Crippen molar-refractivity contribution in [1.82, 2.24) is 9.62 Å². The van der Waals surface area contributed by atoms with Crippen molar-refractivity contribution in [2.24, 2.45) is 0 Å². The topological polar surface area (TPSA) is 49.4 Å². The zero-order chi connectivity index (χ0) is 15.2. The van der Waals surface area contributed by atoms with E-state index in [1.165, 1.54) is 16.4 Å². The van der Waals surface area contributed by atoms with Crippen LogP contribution in [0.1, 0.15) is 25.8 Å². The molecule has 1 N–H and O–H groups in total. The van der Waals surface area contributed by atoms with Crippen molar-refractivity contribution in [3.05, 3.63) is 35.6 Å². The van der Waals surface area contributed by atoms with E-state index < -0.39 is 15.3 Å². The number of benzene rings is 1.